The van der Waals surface area contributed by atoms with Crippen LogP contribution in [-0.4, -0.2) is 47.8 Å². The number of fused-ring (bicyclic) bond motifs is 1. The number of nitrogens with one attached hydrogen (secondary N) is 1. The van der Waals surface area contributed by atoms with Gasteiger partial charge < -0.3 is 14.8 Å². The lowest BCUT2D eigenvalue weighted by molar-refractivity contribution is -0.0589. The second kappa shape index (κ2) is 8.59. The number of hydrogen-bond donors (Lipinski definition) is 1. The smallest absolute Gasteiger partial charge is 0.251 e. The maximum Gasteiger partial charge on any atom is 0.251 e. The molecule has 0 unspecified atom stereocenters. The van der Waals surface area contributed by atoms with Gasteiger partial charge in [0.15, 0.2) is 0 Å². The number of ether oxygens (including phenoxy) is 2. The SMILES string of the molecule is CC(C)=CCO[C@@H]1COCC[C@H]1NC(=O)c1ccc2nc(C)c(C)nc2c1. The van der Waals surface area contributed by atoms with Crippen LogP contribution in [-0.2, 0) is 9.47 Å². The van der Waals surface area contributed by atoms with Crippen molar-refractivity contribution in [2.75, 3.05) is 19.8 Å². The van der Waals surface area contributed by atoms with Gasteiger partial charge in [-0.2, -0.15) is 0 Å². The maximum absolute atomic E-state index is 12.8. The molecule has 2 heterocycles. The Bertz CT molecular complexity index is 859. The first-order valence-corrected chi connectivity index (χ1v) is 9.32. The number of hydrogen-bond acceptors (Lipinski definition) is 5. The summed E-state index contributed by atoms with van der Waals surface area (Å²) in [5.41, 5.74) is 5.08. The molecule has 2 aromatic rings. The molecule has 1 N–H and O–H groups in total. The molecule has 1 aliphatic heterocycles. The van der Waals surface area contributed by atoms with Crippen LogP contribution in [0.25, 0.3) is 11.0 Å². The summed E-state index contributed by atoms with van der Waals surface area (Å²) in [6, 6.07) is 5.36. The Hall–Kier alpha value is -2.31. The van der Waals surface area contributed by atoms with E-state index in [-0.39, 0.29) is 18.1 Å². The zero-order valence-corrected chi connectivity index (χ0v) is 16.4. The standard InChI is InChI=1S/C21H27N3O3/c1-13(2)7-10-27-20-12-26-9-8-18(20)24-21(25)16-5-6-17-19(11-16)23-15(4)14(3)22-17/h5-7,11,18,20H,8-10,12H2,1-4H3,(H,24,25)/t18-,20-/m1/s1. The molecule has 1 aromatic carbocycles. The molecule has 6 heteroatoms. The molecule has 1 amide bonds. The topological polar surface area (TPSA) is 73.3 Å². The summed E-state index contributed by atoms with van der Waals surface area (Å²) in [5, 5.41) is 3.10. The Kier molecular flexibility index (Phi) is 6.19. The van der Waals surface area contributed by atoms with E-state index in [9.17, 15) is 4.79 Å². The molecule has 144 valence electrons. The fourth-order valence-electron chi connectivity index (χ4n) is 3.00. The van der Waals surface area contributed by atoms with Crippen molar-refractivity contribution < 1.29 is 14.3 Å². The molecule has 27 heavy (non-hydrogen) atoms. The van der Waals surface area contributed by atoms with E-state index < -0.39 is 0 Å². The number of nitrogens with zero attached hydrogens (tertiary/aromatic N) is 2. The largest absolute Gasteiger partial charge is 0.379 e. The van der Waals surface area contributed by atoms with Crippen LogP contribution >= 0.6 is 0 Å². The van der Waals surface area contributed by atoms with Crippen molar-refractivity contribution in [3.63, 3.8) is 0 Å². The molecule has 1 aliphatic rings. The monoisotopic (exact) mass is 369 g/mol. The fraction of sp³-hybridized carbons (Fsp3) is 0.476. The minimum Gasteiger partial charge on any atom is -0.379 e. The maximum atomic E-state index is 12.8. The number of allylic oxidation sites excluding steroid dienone is 1. The predicted molar refractivity (Wildman–Crippen MR) is 105 cm³/mol. The molecule has 1 fully saturated rings. The van der Waals surface area contributed by atoms with Gasteiger partial charge in [0.1, 0.15) is 6.10 Å². The van der Waals surface area contributed by atoms with Crippen LogP contribution in [0, 0.1) is 13.8 Å². The van der Waals surface area contributed by atoms with Crippen LogP contribution in [0.15, 0.2) is 29.8 Å². The summed E-state index contributed by atoms with van der Waals surface area (Å²) < 4.78 is 11.4. The number of rotatable bonds is 5. The lowest BCUT2D eigenvalue weighted by atomic mass is 10.0. The van der Waals surface area contributed by atoms with Gasteiger partial charge in [-0.3, -0.25) is 4.79 Å². The third-order valence-electron chi connectivity index (χ3n) is 4.76. The molecule has 2 atom stereocenters. The first kappa shape index (κ1) is 19.5. The van der Waals surface area contributed by atoms with Gasteiger partial charge in [0.2, 0.25) is 0 Å². The molecule has 6 nitrogen and oxygen atoms in total. The number of carbonyl (C=O) groups excluding carboxylic acids is 1. The second-order valence-corrected chi connectivity index (χ2v) is 7.19. The third-order valence-corrected chi connectivity index (χ3v) is 4.76. The van der Waals surface area contributed by atoms with Crippen molar-refractivity contribution in [3.05, 3.63) is 46.8 Å². The van der Waals surface area contributed by atoms with Gasteiger partial charge in [0, 0.05) is 12.2 Å². The molecule has 3 rings (SSSR count). The van der Waals surface area contributed by atoms with Crippen molar-refractivity contribution in [2.45, 2.75) is 46.3 Å². The lowest BCUT2D eigenvalue weighted by Gasteiger charge is -2.31. The Morgan fingerprint density at radius 1 is 1.26 bits per heavy atom. The highest BCUT2D eigenvalue weighted by molar-refractivity contribution is 5.97. The van der Waals surface area contributed by atoms with Crippen molar-refractivity contribution in [1.82, 2.24) is 15.3 Å². The predicted octanol–water partition coefficient (Wildman–Crippen LogP) is 3.12. The highest BCUT2D eigenvalue weighted by Crippen LogP contribution is 2.16. The van der Waals surface area contributed by atoms with Gasteiger partial charge in [0.25, 0.3) is 5.91 Å². The van der Waals surface area contributed by atoms with E-state index in [1.165, 1.54) is 5.57 Å². The first-order chi connectivity index (χ1) is 12.9. The number of benzene rings is 1. The Morgan fingerprint density at radius 2 is 2.00 bits per heavy atom. The molecule has 0 spiro atoms. The molecule has 1 saturated heterocycles. The second-order valence-electron chi connectivity index (χ2n) is 7.19. The summed E-state index contributed by atoms with van der Waals surface area (Å²) in [6.45, 7) is 9.55. The van der Waals surface area contributed by atoms with Crippen LogP contribution < -0.4 is 5.32 Å². The zero-order chi connectivity index (χ0) is 19.4. The van der Waals surface area contributed by atoms with Crippen LogP contribution in [0.3, 0.4) is 0 Å². The van der Waals surface area contributed by atoms with Crippen LogP contribution in [0.1, 0.15) is 42.0 Å². The summed E-state index contributed by atoms with van der Waals surface area (Å²) >= 11 is 0. The van der Waals surface area contributed by atoms with E-state index in [4.69, 9.17) is 9.47 Å². The lowest BCUT2D eigenvalue weighted by Crippen LogP contribution is -2.50. The van der Waals surface area contributed by atoms with Crippen molar-refractivity contribution in [1.29, 1.82) is 0 Å². The van der Waals surface area contributed by atoms with Crippen molar-refractivity contribution in [3.8, 4) is 0 Å². The van der Waals surface area contributed by atoms with E-state index in [0.29, 0.717) is 25.4 Å². The van der Waals surface area contributed by atoms with Crippen LogP contribution in [0.4, 0.5) is 0 Å². The quantitative estimate of drug-likeness (QED) is 0.820. The third kappa shape index (κ3) is 4.90. The first-order valence-electron chi connectivity index (χ1n) is 9.32. The minimum atomic E-state index is -0.150. The minimum absolute atomic E-state index is 0.0710. The van der Waals surface area contributed by atoms with E-state index >= 15 is 0 Å². The Balaban J connectivity index is 1.71. The van der Waals surface area contributed by atoms with Crippen LogP contribution in [0.5, 0.6) is 0 Å². The van der Waals surface area contributed by atoms with E-state index in [1.54, 1.807) is 12.1 Å². The number of aromatic nitrogens is 2. The van der Waals surface area contributed by atoms with E-state index in [1.807, 2.05) is 39.8 Å². The highest BCUT2D eigenvalue weighted by Gasteiger charge is 2.28. The van der Waals surface area contributed by atoms with Gasteiger partial charge in [-0.05, 0) is 52.3 Å². The number of amides is 1. The summed E-state index contributed by atoms with van der Waals surface area (Å²) in [5.74, 6) is -0.125. The summed E-state index contributed by atoms with van der Waals surface area (Å²) in [7, 11) is 0. The van der Waals surface area contributed by atoms with Crippen molar-refractivity contribution in [2.24, 2.45) is 0 Å². The molecule has 1 aromatic heterocycles. The van der Waals surface area contributed by atoms with Gasteiger partial charge in [-0.1, -0.05) is 11.6 Å². The summed E-state index contributed by atoms with van der Waals surface area (Å²) in [6.07, 6.45) is 2.61. The zero-order valence-electron chi connectivity index (χ0n) is 16.4. The Morgan fingerprint density at radius 3 is 2.74 bits per heavy atom. The average Bonchev–Trinajstić information content (AvgIpc) is 2.63. The molecule has 0 radical (unpaired) electrons. The van der Waals surface area contributed by atoms with E-state index in [0.717, 1.165) is 28.8 Å². The van der Waals surface area contributed by atoms with Gasteiger partial charge in [-0.25, -0.2) is 9.97 Å². The molecule has 0 bridgehead atoms. The highest BCUT2D eigenvalue weighted by atomic mass is 16.5. The van der Waals surface area contributed by atoms with E-state index in [2.05, 4.69) is 15.3 Å². The van der Waals surface area contributed by atoms with Gasteiger partial charge in [-0.15, -0.1) is 0 Å². The molecule has 0 saturated carbocycles. The van der Waals surface area contributed by atoms with Crippen molar-refractivity contribution >= 4 is 16.9 Å². The number of carbonyl (C=O) groups is 1. The Labute approximate surface area is 160 Å². The van der Waals surface area contributed by atoms with Gasteiger partial charge in [0.05, 0.1) is 41.7 Å². The summed E-state index contributed by atoms with van der Waals surface area (Å²) in [4.78, 5) is 21.8. The van der Waals surface area contributed by atoms with Gasteiger partial charge >= 0.3 is 0 Å². The number of aryl methyl sites for hydroxylation is 2. The average molecular weight is 369 g/mol. The molecular weight excluding hydrogens is 342 g/mol. The normalized spacial score (nSPS) is 19.7. The molecule has 0 aliphatic carbocycles. The fourth-order valence-corrected chi connectivity index (χ4v) is 3.00. The van der Waals surface area contributed by atoms with Crippen LogP contribution in [0.2, 0.25) is 0 Å². The molecular formula is C21H27N3O3.